The largest absolute Gasteiger partial charge is 0.552 e. The van der Waals surface area contributed by atoms with Crippen LogP contribution < -0.4 is 0 Å². The van der Waals surface area contributed by atoms with E-state index in [1.807, 2.05) is 0 Å². The molecule has 0 aliphatic heterocycles. The fourth-order valence-electron chi connectivity index (χ4n) is 0.937. The van der Waals surface area contributed by atoms with E-state index >= 15 is 0 Å². The molecule has 0 bridgehead atoms. The molecule has 0 aromatic carbocycles. The second-order valence-electron chi connectivity index (χ2n) is 3.69. The lowest BCUT2D eigenvalue weighted by molar-refractivity contribution is -0.0320. The van der Waals surface area contributed by atoms with Crippen LogP contribution >= 0.6 is 7.99 Å². The Morgan fingerprint density at radius 1 is 1.11 bits per heavy atom. The first-order valence-electron chi connectivity index (χ1n) is 5.44. The SMILES string of the molecule is C=CC(C)OCC(COC(C)C=C)OP(=O)(F)F. The van der Waals surface area contributed by atoms with Crippen molar-refractivity contribution < 1.29 is 27.0 Å². The Kier molecular flexibility index (Phi) is 8.27. The summed E-state index contributed by atoms with van der Waals surface area (Å²) >= 11 is 0. The summed E-state index contributed by atoms with van der Waals surface area (Å²) in [7, 11) is -5.57. The van der Waals surface area contributed by atoms with Crippen molar-refractivity contribution >= 4 is 7.99 Å². The molecule has 0 aliphatic rings. The Hall–Kier alpha value is -0.550. The molecule has 0 aromatic rings. The summed E-state index contributed by atoms with van der Waals surface area (Å²) in [6.45, 7) is 10.1. The molecule has 2 atom stereocenters. The van der Waals surface area contributed by atoms with E-state index in [9.17, 15) is 13.0 Å². The van der Waals surface area contributed by atoms with Crippen LogP contribution in [0.15, 0.2) is 25.3 Å². The minimum Gasteiger partial charge on any atom is -0.372 e. The summed E-state index contributed by atoms with van der Waals surface area (Å²) in [5.41, 5.74) is 0. The van der Waals surface area contributed by atoms with Crippen molar-refractivity contribution in [2.45, 2.75) is 32.2 Å². The van der Waals surface area contributed by atoms with Gasteiger partial charge in [-0.3, -0.25) is 4.52 Å². The first kappa shape index (κ1) is 17.4. The highest BCUT2D eigenvalue weighted by Gasteiger charge is 2.27. The monoisotopic (exact) mass is 284 g/mol. The highest BCUT2D eigenvalue weighted by atomic mass is 31.2. The zero-order chi connectivity index (χ0) is 14.2. The molecule has 0 amide bonds. The van der Waals surface area contributed by atoms with Crippen LogP contribution in [0, 0.1) is 0 Å². The minimum absolute atomic E-state index is 0.158. The van der Waals surface area contributed by atoms with Crippen molar-refractivity contribution in [3.05, 3.63) is 25.3 Å². The lowest BCUT2D eigenvalue weighted by Gasteiger charge is -2.19. The fourth-order valence-corrected chi connectivity index (χ4v) is 1.41. The molecule has 0 N–H and O–H groups in total. The van der Waals surface area contributed by atoms with Gasteiger partial charge >= 0.3 is 7.99 Å². The zero-order valence-electron chi connectivity index (χ0n) is 10.6. The normalized spacial score (nSPS) is 16.9. The Morgan fingerprint density at radius 3 is 1.78 bits per heavy atom. The van der Waals surface area contributed by atoms with Gasteiger partial charge in [-0.2, -0.15) is 0 Å². The Labute approximate surface area is 106 Å². The van der Waals surface area contributed by atoms with Crippen molar-refractivity contribution in [3.63, 3.8) is 0 Å². The standard InChI is InChI=1S/C11H19F2O4P/c1-5-9(3)15-7-11(17-18(12,13)14)8-16-10(4)6-2/h5-6,9-11H,1-2,7-8H2,3-4H3. The van der Waals surface area contributed by atoms with Crippen LogP contribution in [0.4, 0.5) is 8.39 Å². The van der Waals surface area contributed by atoms with Crippen LogP contribution in [0.3, 0.4) is 0 Å². The van der Waals surface area contributed by atoms with Crippen LogP contribution in [-0.2, 0) is 18.6 Å². The molecule has 2 unspecified atom stereocenters. The van der Waals surface area contributed by atoms with Gasteiger partial charge in [0.25, 0.3) is 0 Å². The van der Waals surface area contributed by atoms with Gasteiger partial charge in [0.15, 0.2) is 0 Å². The van der Waals surface area contributed by atoms with Gasteiger partial charge in [-0.1, -0.05) is 12.2 Å². The number of ether oxygens (including phenoxy) is 2. The molecule has 106 valence electrons. The maximum Gasteiger partial charge on any atom is 0.552 e. The fraction of sp³-hybridized carbons (Fsp3) is 0.636. The van der Waals surface area contributed by atoms with Gasteiger partial charge in [0.2, 0.25) is 0 Å². The molecule has 0 saturated heterocycles. The third-order valence-corrected chi connectivity index (χ3v) is 2.57. The van der Waals surface area contributed by atoms with Crippen LogP contribution in [0.25, 0.3) is 0 Å². The summed E-state index contributed by atoms with van der Waals surface area (Å²) in [4.78, 5) is 0. The summed E-state index contributed by atoms with van der Waals surface area (Å²) in [6, 6.07) is 0. The first-order valence-corrected chi connectivity index (χ1v) is 6.85. The quantitative estimate of drug-likeness (QED) is 0.454. The molecule has 0 radical (unpaired) electrons. The number of hydrogen-bond acceptors (Lipinski definition) is 4. The van der Waals surface area contributed by atoms with Crippen molar-refractivity contribution in [2.75, 3.05) is 13.2 Å². The second-order valence-corrected chi connectivity index (χ2v) is 4.73. The summed E-state index contributed by atoms with van der Waals surface area (Å²) in [5.74, 6) is 0. The van der Waals surface area contributed by atoms with Gasteiger partial charge in [0.1, 0.15) is 6.10 Å². The Bertz CT molecular complexity index is 287. The molecular formula is C11H19F2O4P. The average molecular weight is 284 g/mol. The molecular weight excluding hydrogens is 265 g/mol. The average Bonchev–Trinajstić information content (AvgIpc) is 2.29. The minimum atomic E-state index is -5.57. The van der Waals surface area contributed by atoms with Crippen molar-refractivity contribution in [1.82, 2.24) is 0 Å². The van der Waals surface area contributed by atoms with Gasteiger partial charge in [-0.05, 0) is 13.8 Å². The first-order chi connectivity index (χ1) is 8.28. The van der Waals surface area contributed by atoms with E-state index in [1.165, 1.54) is 12.2 Å². The molecule has 0 heterocycles. The smallest absolute Gasteiger partial charge is 0.372 e. The maximum absolute atomic E-state index is 12.4. The lowest BCUT2D eigenvalue weighted by Crippen LogP contribution is -2.27. The Morgan fingerprint density at radius 2 is 1.50 bits per heavy atom. The van der Waals surface area contributed by atoms with E-state index in [0.717, 1.165) is 0 Å². The van der Waals surface area contributed by atoms with Crippen LogP contribution in [0.5, 0.6) is 0 Å². The lowest BCUT2D eigenvalue weighted by atomic mass is 10.3. The molecule has 7 heteroatoms. The van der Waals surface area contributed by atoms with Crippen molar-refractivity contribution in [2.24, 2.45) is 0 Å². The topological polar surface area (TPSA) is 44.8 Å². The maximum atomic E-state index is 12.4. The van der Waals surface area contributed by atoms with E-state index < -0.39 is 14.1 Å². The Balaban J connectivity index is 4.28. The van der Waals surface area contributed by atoms with Crippen LogP contribution in [-0.4, -0.2) is 31.5 Å². The zero-order valence-corrected chi connectivity index (χ0v) is 11.4. The van der Waals surface area contributed by atoms with E-state index in [-0.39, 0.29) is 25.4 Å². The van der Waals surface area contributed by atoms with Gasteiger partial charge < -0.3 is 9.47 Å². The van der Waals surface area contributed by atoms with E-state index in [1.54, 1.807) is 13.8 Å². The van der Waals surface area contributed by atoms with Gasteiger partial charge in [-0.25, -0.2) is 4.57 Å². The summed E-state index contributed by atoms with van der Waals surface area (Å²) in [6.07, 6.45) is 1.29. The van der Waals surface area contributed by atoms with Gasteiger partial charge in [0, 0.05) is 0 Å². The van der Waals surface area contributed by atoms with Crippen molar-refractivity contribution in [3.8, 4) is 0 Å². The van der Waals surface area contributed by atoms with Crippen LogP contribution in [0.2, 0.25) is 0 Å². The molecule has 0 fully saturated rings. The second kappa shape index (κ2) is 8.53. The molecule has 4 nitrogen and oxygen atoms in total. The molecule has 0 spiro atoms. The highest BCUT2D eigenvalue weighted by Crippen LogP contribution is 2.51. The highest BCUT2D eigenvalue weighted by molar-refractivity contribution is 7.47. The van der Waals surface area contributed by atoms with Crippen molar-refractivity contribution in [1.29, 1.82) is 0 Å². The molecule has 0 aromatic heterocycles. The number of rotatable bonds is 10. The third kappa shape index (κ3) is 9.48. The summed E-state index contributed by atoms with van der Waals surface area (Å²) in [5, 5.41) is 0. The predicted octanol–water partition coefficient (Wildman–Crippen LogP) is 3.60. The number of halogens is 2. The third-order valence-electron chi connectivity index (χ3n) is 2.03. The van der Waals surface area contributed by atoms with Gasteiger partial charge in [0.05, 0.1) is 25.4 Å². The molecule has 0 saturated carbocycles. The molecule has 0 aliphatic carbocycles. The molecule has 0 rings (SSSR count). The van der Waals surface area contributed by atoms with Gasteiger partial charge in [-0.15, -0.1) is 21.6 Å². The van der Waals surface area contributed by atoms with E-state index in [0.29, 0.717) is 0 Å². The van der Waals surface area contributed by atoms with E-state index in [2.05, 4.69) is 17.7 Å². The number of hydrogen-bond donors (Lipinski definition) is 0. The predicted molar refractivity (Wildman–Crippen MR) is 65.9 cm³/mol. The summed E-state index contributed by atoms with van der Waals surface area (Å²) < 4.78 is 49.5. The molecule has 18 heavy (non-hydrogen) atoms. The van der Waals surface area contributed by atoms with E-state index in [4.69, 9.17) is 9.47 Å². The van der Waals surface area contributed by atoms with Crippen LogP contribution in [0.1, 0.15) is 13.8 Å².